The molecule has 0 saturated carbocycles. The van der Waals surface area contributed by atoms with Gasteiger partial charge in [-0.1, -0.05) is 30.3 Å². The lowest BCUT2D eigenvalue weighted by molar-refractivity contribution is -0.136. The lowest BCUT2D eigenvalue weighted by Crippen LogP contribution is -2.42. The predicted octanol–water partition coefficient (Wildman–Crippen LogP) is 3.69. The van der Waals surface area contributed by atoms with Crippen molar-refractivity contribution in [1.82, 2.24) is 9.80 Å². The topological polar surface area (TPSA) is 40.6 Å². The van der Waals surface area contributed by atoms with Gasteiger partial charge in [-0.05, 0) is 49.1 Å². The minimum atomic E-state index is -0.363. The normalized spacial score (nSPS) is 22.3. The standard InChI is InChI=1S/C23H25FN2O2/c24-19-11-9-18(10-12-19)22(27)26-15-20(17-7-3-1-4-8-17)21(16-26)23(28)25-13-5-2-6-14-25/h1,3-4,7-12,20-21H,2,5-6,13-16H2. The molecule has 2 saturated heterocycles. The number of benzene rings is 2. The van der Waals surface area contributed by atoms with Gasteiger partial charge in [-0.25, -0.2) is 4.39 Å². The van der Waals surface area contributed by atoms with Crippen molar-refractivity contribution in [1.29, 1.82) is 0 Å². The number of hydrogen-bond acceptors (Lipinski definition) is 2. The molecule has 0 aliphatic carbocycles. The molecule has 28 heavy (non-hydrogen) atoms. The number of carbonyl (C=O) groups excluding carboxylic acids is 2. The van der Waals surface area contributed by atoms with E-state index < -0.39 is 0 Å². The Kier molecular flexibility index (Phi) is 5.42. The van der Waals surface area contributed by atoms with Gasteiger partial charge in [0.05, 0.1) is 5.92 Å². The second kappa shape index (κ2) is 8.13. The third kappa shape index (κ3) is 3.79. The van der Waals surface area contributed by atoms with Crippen molar-refractivity contribution >= 4 is 11.8 Å². The van der Waals surface area contributed by atoms with Crippen molar-refractivity contribution in [3.8, 4) is 0 Å². The number of carbonyl (C=O) groups is 2. The van der Waals surface area contributed by atoms with Crippen LogP contribution in [-0.4, -0.2) is 47.8 Å². The molecule has 2 unspecified atom stereocenters. The summed E-state index contributed by atoms with van der Waals surface area (Å²) in [4.78, 5) is 29.9. The van der Waals surface area contributed by atoms with Gasteiger partial charge in [0.15, 0.2) is 0 Å². The second-order valence-corrected chi connectivity index (χ2v) is 7.73. The molecule has 0 aromatic heterocycles. The molecule has 146 valence electrons. The highest BCUT2D eigenvalue weighted by atomic mass is 19.1. The second-order valence-electron chi connectivity index (χ2n) is 7.73. The van der Waals surface area contributed by atoms with Crippen LogP contribution >= 0.6 is 0 Å². The molecular weight excluding hydrogens is 355 g/mol. The van der Waals surface area contributed by atoms with Gasteiger partial charge in [-0.3, -0.25) is 9.59 Å². The summed E-state index contributed by atoms with van der Waals surface area (Å²) in [5.74, 6) is -0.596. The van der Waals surface area contributed by atoms with E-state index in [0.29, 0.717) is 18.7 Å². The van der Waals surface area contributed by atoms with Crippen LogP contribution in [0.3, 0.4) is 0 Å². The first-order valence-electron chi connectivity index (χ1n) is 10.0. The number of amides is 2. The molecule has 2 aliphatic rings. The van der Waals surface area contributed by atoms with Crippen LogP contribution < -0.4 is 0 Å². The fraction of sp³-hybridized carbons (Fsp3) is 0.391. The summed E-state index contributed by atoms with van der Waals surface area (Å²) in [7, 11) is 0. The molecular formula is C23H25FN2O2. The smallest absolute Gasteiger partial charge is 0.253 e. The van der Waals surface area contributed by atoms with Crippen LogP contribution in [0.15, 0.2) is 54.6 Å². The van der Waals surface area contributed by atoms with Gasteiger partial charge in [-0.15, -0.1) is 0 Å². The van der Waals surface area contributed by atoms with E-state index in [-0.39, 0.29) is 29.5 Å². The number of nitrogens with zero attached hydrogens (tertiary/aromatic N) is 2. The van der Waals surface area contributed by atoms with E-state index in [1.54, 1.807) is 4.90 Å². The third-order valence-electron chi connectivity index (χ3n) is 5.91. The number of piperidine rings is 1. The summed E-state index contributed by atoms with van der Waals surface area (Å²) in [6.07, 6.45) is 3.27. The van der Waals surface area contributed by atoms with E-state index in [1.807, 2.05) is 35.2 Å². The predicted molar refractivity (Wildman–Crippen MR) is 105 cm³/mol. The average molecular weight is 380 g/mol. The molecule has 4 rings (SSSR count). The molecule has 2 aromatic rings. The highest BCUT2D eigenvalue weighted by Crippen LogP contribution is 2.35. The monoisotopic (exact) mass is 380 g/mol. The maximum absolute atomic E-state index is 13.3. The minimum Gasteiger partial charge on any atom is -0.342 e. The Morgan fingerprint density at radius 2 is 1.50 bits per heavy atom. The van der Waals surface area contributed by atoms with Gasteiger partial charge in [-0.2, -0.15) is 0 Å². The molecule has 0 spiro atoms. The van der Waals surface area contributed by atoms with E-state index in [9.17, 15) is 14.0 Å². The van der Waals surface area contributed by atoms with E-state index in [4.69, 9.17) is 0 Å². The summed E-state index contributed by atoms with van der Waals surface area (Å²) in [5.41, 5.74) is 1.55. The van der Waals surface area contributed by atoms with Crippen LogP contribution in [0.4, 0.5) is 4.39 Å². The fourth-order valence-corrected chi connectivity index (χ4v) is 4.38. The average Bonchev–Trinajstić information content (AvgIpc) is 3.20. The Morgan fingerprint density at radius 1 is 0.821 bits per heavy atom. The number of likely N-dealkylation sites (tertiary alicyclic amines) is 2. The van der Waals surface area contributed by atoms with Crippen molar-refractivity contribution < 1.29 is 14.0 Å². The van der Waals surface area contributed by atoms with Gasteiger partial charge >= 0.3 is 0 Å². The molecule has 2 aliphatic heterocycles. The first kappa shape index (κ1) is 18.7. The summed E-state index contributed by atoms with van der Waals surface area (Å²) in [6.45, 7) is 2.53. The maximum atomic E-state index is 13.3. The lowest BCUT2D eigenvalue weighted by Gasteiger charge is -2.30. The van der Waals surface area contributed by atoms with Crippen LogP contribution in [-0.2, 0) is 4.79 Å². The van der Waals surface area contributed by atoms with Gasteiger partial charge in [0.1, 0.15) is 5.82 Å². The van der Waals surface area contributed by atoms with Crippen LogP contribution in [0.1, 0.15) is 41.1 Å². The molecule has 2 fully saturated rings. The number of rotatable bonds is 3. The van der Waals surface area contributed by atoms with Crippen molar-refractivity contribution in [2.45, 2.75) is 25.2 Å². The largest absolute Gasteiger partial charge is 0.342 e. The molecule has 2 aromatic carbocycles. The highest BCUT2D eigenvalue weighted by Gasteiger charge is 2.42. The minimum absolute atomic E-state index is 0.0139. The van der Waals surface area contributed by atoms with Crippen LogP contribution in [0.25, 0.3) is 0 Å². The zero-order valence-electron chi connectivity index (χ0n) is 15.9. The van der Waals surface area contributed by atoms with Gasteiger partial charge < -0.3 is 9.80 Å². The van der Waals surface area contributed by atoms with Gasteiger partial charge in [0.25, 0.3) is 5.91 Å². The summed E-state index contributed by atoms with van der Waals surface area (Å²) < 4.78 is 13.2. The summed E-state index contributed by atoms with van der Waals surface area (Å²) >= 11 is 0. The summed E-state index contributed by atoms with van der Waals surface area (Å²) in [5, 5.41) is 0. The molecule has 2 amide bonds. The third-order valence-corrected chi connectivity index (χ3v) is 5.91. The molecule has 0 radical (unpaired) electrons. The Morgan fingerprint density at radius 3 is 2.18 bits per heavy atom. The van der Waals surface area contributed by atoms with E-state index in [1.165, 1.54) is 30.7 Å². The Balaban J connectivity index is 1.58. The van der Waals surface area contributed by atoms with Gasteiger partial charge in [0.2, 0.25) is 5.91 Å². The number of halogens is 1. The van der Waals surface area contributed by atoms with Crippen LogP contribution in [0.2, 0.25) is 0 Å². The van der Waals surface area contributed by atoms with Crippen LogP contribution in [0, 0.1) is 11.7 Å². The van der Waals surface area contributed by atoms with Crippen molar-refractivity contribution in [3.05, 3.63) is 71.5 Å². The SMILES string of the molecule is O=C(c1ccc(F)cc1)N1CC(C(=O)N2CCCCC2)C(c2ccccc2)C1. The van der Waals surface area contributed by atoms with E-state index in [0.717, 1.165) is 31.5 Å². The molecule has 4 nitrogen and oxygen atoms in total. The van der Waals surface area contributed by atoms with Gasteiger partial charge in [0, 0.05) is 37.7 Å². The zero-order chi connectivity index (χ0) is 19.5. The Bertz CT molecular complexity index is 831. The van der Waals surface area contributed by atoms with Crippen molar-refractivity contribution in [2.24, 2.45) is 5.92 Å². The molecule has 5 heteroatoms. The van der Waals surface area contributed by atoms with E-state index >= 15 is 0 Å². The molecule has 0 N–H and O–H groups in total. The fourth-order valence-electron chi connectivity index (χ4n) is 4.38. The van der Waals surface area contributed by atoms with Crippen molar-refractivity contribution in [2.75, 3.05) is 26.2 Å². The highest BCUT2D eigenvalue weighted by molar-refractivity contribution is 5.95. The zero-order valence-corrected chi connectivity index (χ0v) is 15.9. The van der Waals surface area contributed by atoms with E-state index in [2.05, 4.69) is 0 Å². The lowest BCUT2D eigenvalue weighted by atomic mass is 9.87. The Hall–Kier alpha value is -2.69. The Labute approximate surface area is 164 Å². The first-order valence-corrected chi connectivity index (χ1v) is 10.0. The maximum Gasteiger partial charge on any atom is 0.253 e. The number of hydrogen-bond donors (Lipinski definition) is 0. The first-order chi connectivity index (χ1) is 13.6. The quantitative estimate of drug-likeness (QED) is 0.815. The summed E-state index contributed by atoms with van der Waals surface area (Å²) in [6, 6.07) is 15.6. The molecule has 2 atom stereocenters. The molecule has 0 bridgehead atoms. The van der Waals surface area contributed by atoms with Crippen LogP contribution in [0.5, 0.6) is 0 Å². The molecule has 2 heterocycles. The van der Waals surface area contributed by atoms with Crippen molar-refractivity contribution in [3.63, 3.8) is 0 Å².